The molecule has 3 N–H and O–H groups in total. The standard InChI is InChI=1S/C18H25N3/c1-4-11-20-17(15-8-6-14(5-2)7-9-15)16-13(3)10-12-21-18(16)19/h6-10,12,17,20H,4-5,11H2,1-3H3,(H2,19,21). The molecule has 0 fully saturated rings. The number of aromatic nitrogens is 1. The molecule has 3 nitrogen and oxygen atoms in total. The number of nitrogens with one attached hydrogen (secondary N) is 1. The molecule has 21 heavy (non-hydrogen) atoms. The molecule has 1 unspecified atom stereocenters. The molecule has 0 spiro atoms. The Balaban J connectivity index is 2.41. The van der Waals surface area contributed by atoms with E-state index in [-0.39, 0.29) is 6.04 Å². The molecule has 0 bridgehead atoms. The molecule has 1 atom stereocenters. The first kappa shape index (κ1) is 15.5. The molecule has 2 aromatic rings. The van der Waals surface area contributed by atoms with Gasteiger partial charge in [-0.05, 0) is 49.1 Å². The summed E-state index contributed by atoms with van der Waals surface area (Å²) in [6.07, 6.45) is 3.91. The van der Waals surface area contributed by atoms with Crippen molar-refractivity contribution in [3.8, 4) is 0 Å². The van der Waals surface area contributed by atoms with E-state index in [0.29, 0.717) is 5.82 Å². The third kappa shape index (κ3) is 3.61. The molecule has 0 aliphatic heterocycles. The topological polar surface area (TPSA) is 50.9 Å². The zero-order valence-corrected chi connectivity index (χ0v) is 13.2. The molecule has 0 radical (unpaired) electrons. The van der Waals surface area contributed by atoms with Gasteiger partial charge in [0.2, 0.25) is 0 Å². The second-order valence-electron chi connectivity index (χ2n) is 5.41. The lowest BCUT2D eigenvalue weighted by Gasteiger charge is -2.22. The summed E-state index contributed by atoms with van der Waals surface area (Å²) in [5.41, 5.74) is 11.0. The van der Waals surface area contributed by atoms with E-state index in [1.807, 2.05) is 6.07 Å². The maximum absolute atomic E-state index is 6.14. The van der Waals surface area contributed by atoms with Crippen molar-refractivity contribution in [2.75, 3.05) is 12.3 Å². The van der Waals surface area contributed by atoms with E-state index in [4.69, 9.17) is 5.73 Å². The smallest absolute Gasteiger partial charge is 0.128 e. The summed E-state index contributed by atoms with van der Waals surface area (Å²) in [6.45, 7) is 7.39. The summed E-state index contributed by atoms with van der Waals surface area (Å²) in [6, 6.07) is 10.9. The SMILES string of the molecule is CCCNC(c1ccc(CC)cc1)c1c(C)ccnc1N. The Labute approximate surface area is 127 Å². The van der Waals surface area contributed by atoms with E-state index in [2.05, 4.69) is 55.3 Å². The quantitative estimate of drug-likeness (QED) is 0.851. The first-order chi connectivity index (χ1) is 10.2. The van der Waals surface area contributed by atoms with Crippen LogP contribution in [0.15, 0.2) is 36.5 Å². The van der Waals surface area contributed by atoms with Crippen LogP contribution in [0.3, 0.4) is 0 Å². The minimum absolute atomic E-state index is 0.101. The zero-order valence-electron chi connectivity index (χ0n) is 13.2. The average Bonchev–Trinajstić information content (AvgIpc) is 2.50. The molecule has 112 valence electrons. The van der Waals surface area contributed by atoms with Gasteiger partial charge in [0.15, 0.2) is 0 Å². The van der Waals surface area contributed by atoms with Crippen LogP contribution in [0.1, 0.15) is 48.6 Å². The summed E-state index contributed by atoms with van der Waals surface area (Å²) in [5.74, 6) is 0.614. The fourth-order valence-corrected chi connectivity index (χ4v) is 2.59. The Morgan fingerprint density at radius 2 is 1.86 bits per heavy atom. The number of nitrogen functional groups attached to an aromatic ring is 1. The van der Waals surface area contributed by atoms with Crippen LogP contribution in [0, 0.1) is 6.92 Å². The van der Waals surface area contributed by atoms with E-state index >= 15 is 0 Å². The van der Waals surface area contributed by atoms with Crippen LogP contribution in [0.5, 0.6) is 0 Å². The van der Waals surface area contributed by atoms with Gasteiger partial charge in [-0.25, -0.2) is 4.98 Å². The fraction of sp³-hybridized carbons (Fsp3) is 0.389. The van der Waals surface area contributed by atoms with Crippen LogP contribution < -0.4 is 11.1 Å². The Morgan fingerprint density at radius 1 is 1.14 bits per heavy atom. The molecule has 0 saturated heterocycles. The van der Waals surface area contributed by atoms with E-state index in [9.17, 15) is 0 Å². The Bertz CT molecular complexity index is 555. The lowest BCUT2D eigenvalue weighted by Crippen LogP contribution is -2.25. The summed E-state index contributed by atoms with van der Waals surface area (Å²) in [7, 11) is 0. The number of rotatable bonds is 6. The van der Waals surface area contributed by atoms with Crippen LogP contribution in [0.25, 0.3) is 0 Å². The molecule has 0 amide bonds. The van der Waals surface area contributed by atoms with Crippen molar-refractivity contribution >= 4 is 5.82 Å². The summed E-state index contributed by atoms with van der Waals surface area (Å²) in [5, 5.41) is 3.60. The summed E-state index contributed by atoms with van der Waals surface area (Å²) < 4.78 is 0. The third-order valence-electron chi connectivity index (χ3n) is 3.85. The highest BCUT2D eigenvalue weighted by molar-refractivity contribution is 5.50. The molecule has 2 rings (SSSR count). The Kier molecular flexibility index (Phi) is 5.34. The van der Waals surface area contributed by atoms with Gasteiger partial charge in [0.05, 0.1) is 6.04 Å². The number of anilines is 1. The minimum atomic E-state index is 0.101. The van der Waals surface area contributed by atoms with Crippen LogP contribution in [-0.2, 0) is 6.42 Å². The number of pyridine rings is 1. The normalized spacial score (nSPS) is 12.3. The number of aryl methyl sites for hydroxylation is 2. The maximum Gasteiger partial charge on any atom is 0.128 e. The number of hydrogen-bond acceptors (Lipinski definition) is 3. The Morgan fingerprint density at radius 3 is 2.43 bits per heavy atom. The zero-order chi connectivity index (χ0) is 15.2. The summed E-state index contributed by atoms with van der Waals surface area (Å²) >= 11 is 0. The molecular weight excluding hydrogens is 258 g/mol. The van der Waals surface area contributed by atoms with Crippen molar-refractivity contribution in [3.05, 3.63) is 58.8 Å². The highest BCUT2D eigenvalue weighted by Gasteiger charge is 2.18. The van der Waals surface area contributed by atoms with Gasteiger partial charge in [-0.15, -0.1) is 0 Å². The van der Waals surface area contributed by atoms with E-state index in [1.54, 1.807) is 6.20 Å². The minimum Gasteiger partial charge on any atom is -0.383 e. The first-order valence-electron chi connectivity index (χ1n) is 7.70. The van der Waals surface area contributed by atoms with Gasteiger partial charge in [0.1, 0.15) is 5.82 Å². The van der Waals surface area contributed by atoms with Crippen LogP contribution >= 0.6 is 0 Å². The van der Waals surface area contributed by atoms with Gasteiger partial charge in [0.25, 0.3) is 0 Å². The molecule has 1 heterocycles. The average molecular weight is 283 g/mol. The maximum atomic E-state index is 6.14. The second-order valence-corrected chi connectivity index (χ2v) is 5.41. The Hall–Kier alpha value is -1.87. The highest BCUT2D eigenvalue weighted by Crippen LogP contribution is 2.28. The highest BCUT2D eigenvalue weighted by atomic mass is 14.9. The number of benzene rings is 1. The predicted octanol–water partition coefficient (Wildman–Crippen LogP) is 3.62. The third-order valence-corrected chi connectivity index (χ3v) is 3.85. The van der Waals surface area contributed by atoms with Gasteiger partial charge in [0, 0.05) is 11.8 Å². The van der Waals surface area contributed by atoms with Crippen molar-refractivity contribution in [2.45, 2.75) is 39.7 Å². The van der Waals surface area contributed by atoms with Crippen molar-refractivity contribution in [1.29, 1.82) is 0 Å². The lowest BCUT2D eigenvalue weighted by molar-refractivity contribution is 0.596. The van der Waals surface area contributed by atoms with Gasteiger partial charge in [-0.3, -0.25) is 0 Å². The van der Waals surface area contributed by atoms with Crippen LogP contribution in [0.4, 0.5) is 5.82 Å². The predicted molar refractivity (Wildman–Crippen MR) is 89.3 cm³/mol. The van der Waals surface area contributed by atoms with Gasteiger partial charge >= 0.3 is 0 Å². The number of nitrogens with zero attached hydrogens (tertiary/aromatic N) is 1. The summed E-state index contributed by atoms with van der Waals surface area (Å²) in [4.78, 5) is 4.27. The molecule has 1 aromatic heterocycles. The number of hydrogen-bond donors (Lipinski definition) is 2. The van der Waals surface area contributed by atoms with Crippen molar-refractivity contribution in [2.24, 2.45) is 0 Å². The lowest BCUT2D eigenvalue weighted by atomic mass is 9.94. The molecule has 0 saturated carbocycles. The molecule has 0 aliphatic rings. The molecule has 0 aliphatic carbocycles. The van der Waals surface area contributed by atoms with Gasteiger partial charge in [-0.2, -0.15) is 0 Å². The van der Waals surface area contributed by atoms with E-state index in [1.165, 1.54) is 16.7 Å². The van der Waals surface area contributed by atoms with Crippen LogP contribution in [-0.4, -0.2) is 11.5 Å². The molecule has 1 aromatic carbocycles. The molecule has 3 heteroatoms. The van der Waals surface area contributed by atoms with E-state index < -0.39 is 0 Å². The largest absolute Gasteiger partial charge is 0.383 e. The van der Waals surface area contributed by atoms with Gasteiger partial charge < -0.3 is 11.1 Å². The van der Waals surface area contributed by atoms with Gasteiger partial charge in [-0.1, -0.05) is 38.1 Å². The number of nitrogens with two attached hydrogens (primary N) is 1. The fourth-order valence-electron chi connectivity index (χ4n) is 2.59. The monoisotopic (exact) mass is 283 g/mol. The first-order valence-corrected chi connectivity index (χ1v) is 7.70. The van der Waals surface area contributed by atoms with E-state index in [0.717, 1.165) is 24.9 Å². The van der Waals surface area contributed by atoms with Crippen molar-refractivity contribution in [3.63, 3.8) is 0 Å². The molecular formula is C18H25N3. The van der Waals surface area contributed by atoms with Crippen molar-refractivity contribution in [1.82, 2.24) is 10.3 Å². The van der Waals surface area contributed by atoms with Crippen molar-refractivity contribution < 1.29 is 0 Å². The second kappa shape index (κ2) is 7.23. The van der Waals surface area contributed by atoms with Crippen LogP contribution in [0.2, 0.25) is 0 Å².